The molecule has 1 heterocycles. The molecule has 0 unspecified atom stereocenters. The van der Waals surface area contributed by atoms with E-state index in [0.717, 1.165) is 16.7 Å². The van der Waals surface area contributed by atoms with E-state index in [1.54, 1.807) is 31.2 Å². The first-order valence-electron chi connectivity index (χ1n) is 10.0. The van der Waals surface area contributed by atoms with Crippen LogP contribution in [0.3, 0.4) is 0 Å². The molecular weight excluding hydrogens is 390 g/mol. The van der Waals surface area contributed by atoms with Crippen molar-refractivity contribution >= 4 is 23.5 Å². The lowest BCUT2D eigenvalue weighted by Gasteiger charge is -2.22. The zero-order chi connectivity index (χ0) is 22.0. The van der Waals surface area contributed by atoms with E-state index < -0.39 is 11.6 Å². The summed E-state index contributed by atoms with van der Waals surface area (Å²) in [7, 11) is 0. The van der Waals surface area contributed by atoms with E-state index in [4.69, 9.17) is 0 Å². The van der Waals surface area contributed by atoms with Gasteiger partial charge in [-0.3, -0.25) is 14.5 Å². The lowest BCUT2D eigenvalue weighted by atomic mass is 9.91. The second-order valence-electron chi connectivity index (χ2n) is 7.83. The first-order valence-corrected chi connectivity index (χ1v) is 10.0. The van der Waals surface area contributed by atoms with Crippen LogP contribution in [0.25, 0.3) is 0 Å². The Morgan fingerprint density at radius 3 is 2.23 bits per heavy atom. The molecule has 0 saturated carbocycles. The number of aryl methyl sites for hydroxylation is 1. The molecule has 2 N–H and O–H groups in total. The Labute approximate surface area is 180 Å². The number of rotatable bonds is 5. The highest BCUT2D eigenvalue weighted by Gasteiger charge is 2.48. The largest absolute Gasteiger partial charge is 0.325 e. The summed E-state index contributed by atoms with van der Waals surface area (Å²) in [6.07, 6.45) is 0. The van der Waals surface area contributed by atoms with Gasteiger partial charge in [-0.15, -0.1) is 0 Å². The monoisotopic (exact) mass is 413 g/mol. The highest BCUT2D eigenvalue weighted by atomic mass is 16.2. The van der Waals surface area contributed by atoms with Crippen LogP contribution in [0.2, 0.25) is 0 Å². The van der Waals surface area contributed by atoms with Crippen molar-refractivity contribution in [2.24, 2.45) is 0 Å². The summed E-state index contributed by atoms with van der Waals surface area (Å²) >= 11 is 0. The van der Waals surface area contributed by atoms with E-state index in [1.807, 2.05) is 61.5 Å². The van der Waals surface area contributed by atoms with Gasteiger partial charge in [0.2, 0.25) is 0 Å². The normalized spacial score (nSPS) is 18.1. The summed E-state index contributed by atoms with van der Waals surface area (Å²) in [5, 5.41) is 5.65. The molecule has 0 bridgehead atoms. The Bertz CT molecular complexity index is 1120. The van der Waals surface area contributed by atoms with Crippen molar-refractivity contribution in [3.05, 3.63) is 101 Å². The lowest BCUT2D eigenvalue weighted by molar-refractivity contribution is -0.131. The van der Waals surface area contributed by atoms with Crippen LogP contribution in [-0.2, 0) is 16.9 Å². The number of carbonyl (C=O) groups is 3. The molecule has 0 radical (unpaired) electrons. The maximum atomic E-state index is 13.1. The van der Waals surface area contributed by atoms with Crippen LogP contribution in [0.4, 0.5) is 10.5 Å². The third-order valence-corrected chi connectivity index (χ3v) is 5.49. The molecule has 1 fully saturated rings. The summed E-state index contributed by atoms with van der Waals surface area (Å²) in [5.41, 5.74) is 2.69. The molecule has 6 nitrogen and oxygen atoms in total. The van der Waals surface area contributed by atoms with Gasteiger partial charge in [-0.25, -0.2) is 4.79 Å². The van der Waals surface area contributed by atoms with Crippen molar-refractivity contribution in [2.75, 3.05) is 5.32 Å². The minimum Gasteiger partial charge on any atom is -0.322 e. The number of hydrogen-bond acceptors (Lipinski definition) is 3. The molecule has 156 valence electrons. The summed E-state index contributed by atoms with van der Waals surface area (Å²) < 4.78 is 0. The van der Waals surface area contributed by atoms with E-state index in [0.29, 0.717) is 11.3 Å². The van der Waals surface area contributed by atoms with Gasteiger partial charge < -0.3 is 10.6 Å². The number of imide groups is 1. The maximum absolute atomic E-state index is 13.1. The van der Waals surface area contributed by atoms with Gasteiger partial charge in [0.25, 0.3) is 11.8 Å². The van der Waals surface area contributed by atoms with Gasteiger partial charge in [-0.1, -0.05) is 60.2 Å². The topological polar surface area (TPSA) is 78.5 Å². The molecule has 0 spiro atoms. The Morgan fingerprint density at radius 1 is 0.935 bits per heavy atom. The van der Waals surface area contributed by atoms with Crippen molar-refractivity contribution in [1.82, 2.24) is 10.2 Å². The second-order valence-corrected chi connectivity index (χ2v) is 7.83. The molecule has 1 saturated heterocycles. The number of hydrogen-bond donors (Lipinski definition) is 2. The second kappa shape index (κ2) is 8.07. The van der Waals surface area contributed by atoms with E-state index in [1.165, 1.54) is 4.90 Å². The molecule has 3 aromatic rings. The number of amides is 4. The fourth-order valence-electron chi connectivity index (χ4n) is 3.59. The Balaban J connectivity index is 1.46. The molecule has 1 aliphatic rings. The number of nitrogens with zero attached hydrogens (tertiary/aromatic N) is 1. The highest BCUT2D eigenvalue weighted by Crippen LogP contribution is 2.30. The zero-order valence-corrected chi connectivity index (χ0v) is 17.4. The number of para-hydroxylation sites is 1. The SMILES string of the molecule is Cc1ccc([C@]2(C)NC(=O)N(Cc3ccc(C(=O)Nc4ccccc4)cc3)C2=O)cc1. The van der Waals surface area contributed by atoms with Crippen LogP contribution in [0.15, 0.2) is 78.9 Å². The van der Waals surface area contributed by atoms with E-state index in [9.17, 15) is 14.4 Å². The average Bonchev–Trinajstić information content (AvgIpc) is 2.99. The molecule has 31 heavy (non-hydrogen) atoms. The minimum atomic E-state index is -1.10. The van der Waals surface area contributed by atoms with Crippen LogP contribution < -0.4 is 10.6 Å². The van der Waals surface area contributed by atoms with Gasteiger partial charge in [0.15, 0.2) is 0 Å². The molecule has 6 heteroatoms. The standard InChI is InChI=1S/C25H23N3O3/c1-17-8-14-20(15-9-17)25(2)23(30)28(24(31)27-25)16-18-10-12-19(13-11-18)22(29)26-21-6-4-3-5-7-21/h3-15H,16H2,1-2H3,(H,26,29)(H,27,31)/t25-/m0/s1. The van der Waals surface area contributed by atoms with Gasteiger partial charge in [0, 0.05) is 11.3 Å². The third-order valence-electron chi connectivity index (χ3n) is 5.49. The quantitative estimate of drug-likeness (QED) is 0.615. The highest BCUT2D eigenvalue weighted by molar-refractivity contribution is 6.07. The molecule has 1 atom stereocenters. The number of anilines is 1. The summed E-state index contributed by atoms with van der Waals surface area (Å²) in [6, 6.07) is 23.2. The molecule has 3 aromatic carbocycles. The van der Waals surface area contributed by atoms with E-state index >= 15 is 0 Å². The van der Waals surface area contributed by atoms with Crippen LogP contribution in [0.5, 0.6) is 0 Å². The third kappa shape index (κ3) is 4.05. The molecule has 0 aromatic heterocycles. The van der Waals surface area contributed by atoms with Gasteiger partial charge in [0.05, 0.1) is 6.54 Å². The number of nitrogens with one attached hydrogen (secondary N) is 2. The Morgan fingerprint density at radius 2 is 1.58 bits per heavy atom. The average molecular weight is 413 g/mol. The van der Waals surface area contributed by atoms with Crippen molar-refractivity contribution in [3.63, 3.8) is 0 Å². The van der Waals surface area contributed by atoms with Crippen molar-refractivity contribution < 1.29 is 14.4 Å². The Hall–Kier alpha value is -3.93. The fourth-order valence-corrected chi connectivity index (χ4v) is 3.59. The Kier molecular flexibility index (Phi) is 5.29. The predicted molar refractivity (Wildman–Crippen MR) is 118 cm³/mol. The van der Waals surface area contributed by atoms with Gasteiger partial charge in [-0.2, -0.15) is 0 Å². The van der Waals surface area contributed by atoms with E-state index in [-0.39, 0.29) is 18.4 Å². The van der Waals surface area contributed by atoms with Crippen LogP contribution in [0.1, 0.15) is 34.0 Å². The molecule has 4 amide bonds. The number of urea groups is 1. The van der Waals surface area contributed by atoms with Crippen LogP contribution >= 0.6 is 0 Å². The fraction of sp³-hybridized carbons (Fsp3) is 0.160. The summed E-state index contributed by atoms with van der Waals surface area (Å²) in [4.78, 5) is 39.2. The van der Waals surface area contributed by atoms with Gasteiger partial charge in [0.1, 0.15) is 5.54 Å². The lowest BCUT2D eigenvalue weighted by Crippen LogP contribution is -2.40. The van der Waals surface area contributed by atoms with Crippen LogP contribution in [-0.4, -0.2) is 22.7 Å². The molecule has 4 rings (SSSR count). The van der Waals surface area contributed by atoms with Crippen molar-refractivity contribution in [1.29, 1.82) is 0 Å². The number of carbonyl (C=O) groups excluding carboxylic acids is 3. The minimum absolute atomic E-state index is 0.132. The van der Waals surface area contributed by atoms with Gasteiger partial charge >= 0.3 is 6.03 Å². The smallest absolute Gasteiger partial charge is 0.322 e. The zero-order valence-electron chi connectivity index (χ0n) is 17.4. The van der Waals surface area contributed by atoms with Crippen molar-refractivity contribution in [2.45, 2.75) is 25.9 Å². The van der Waals surface area contributed by atoms with Gasteiger partial charge in [-0.05, 0) is 49.2 Å². The van der Waals surface area contributed by atoms with Crippen LogP contribution in [0, 0.1) is 6.92 Å². The van der Waals surface area contributed by atoms with E-state index in [2.05, 4.69) is 10.6 Å². The maximum Gasteiger partial charge on any atom is 0.325 e. The molecule has 0 aliphatic carbocycles. The predicted octanol–water partition coefficient (Wildman–Crippen LogP) is 4.21. The number of benzene rings is 3. The first-order chi connectivity index (χ1) is 14.9. The summed E-state index contributed by atoms with van der Waals surface area (Å²) in [5.74, 6) is -0.521. The first kappa shape index (κ1) is 20.3. The van der Waals surface area contributed by atoms with Crippen molar-refractivity contribution in [3.8, 4) is 0 Å². The molecular formula is C25H23N3O3. The summed E-state index contributed by atoms with van der Waals surface area (Å²) in [6.45, 7) is 3.82. The molecule has 1 aliphatic heterocycles.